The smallest absolute Gasteiger partial charge is 0.236 e. The molecular weight excluding hydrogens is 366 g/mol. The summed E-state index contributed by atoms with van der Waals surface area (Å²) in [5.41, 5.74) is 0. The average molecular weight is 386 g/mol. The topological polar surface area (TPSA) is 80.2 Å². The highest BCUT2D eigenvalue weighted by atomic mass is 32.2. The summed E-state index contributed by atoms with van der Waals surface area (Å²) in [6.07, 6.45) is 2.04. The van der Waals surface area contributed by atoms with Gasteiger partial charge in [-0.15, -0.1) is 11.3 Å². The number of thioether (sulfide) groups is 1. The van der Waals surface area contributed by atoms with Crippen LogP contribution in [0.2, 0.25) is 0 Å². The molecule has 1 saturated heterocycles. The van der Waals surface area contributed by atoms with E-state index in [0.717, 1.165) is 15.2 Å². The largest absolute Gasteiger partial charge is 0.338 e. The summed E-state index contributed by atoms with van der Waals surface area (Å²) in [6.45, 7) is 4.25. The predicted octanol–water partition coefficient (Wildman–Crippen LogP) is 2.21. The summed E-state index contributed by atoms with van der Waals surface area (Å²) in [6, 6.07) is 1.75. The lowest BCUT2D eigenvalue weighted by atomic mass is 10.2. The maximum atomic E-state index is 12.8. The maximum Gasteiger partial charge on any atom is 0.236 e. The number of aromatic nitrogens is 2. The number of carbonyl (C=O) groups excluding carboxylic acids is 1. The number of fused-ring (bicyclic) bond motifs is 1. The zero-order valence-electron chi connectivity index (χ0n) is 13.5. The Morgan fingerprint density at radius 3 is 2.96 bits per heavy atom. The summed E-state index contributed by atoms with van der Waals surface area (Å²) in [5.74, 6) is 0.211. The molecule has 0 spiro atoms. The molecule has 1 amide bonds. The van der Waals surface area contributed by atoms with Crippen molar-refractivity contribution in [2.75, 3.05) is 18.1 Å². The third-order valence-electron chi connectivity index (χ3n) is 4.13. The maximum absolute atomic E-state index is 12.8. The van der Waals surface area contributed by atoms with Gasteiger partial charge in [-0.1, -0.05) is 11.8 Å². The number of hydrogen-bond donors (Lipinski definition) is 0. The van der Waals surface area contributed by atoms with Gasteiger partial charge in [-0.25, -0.2) is 18.4 Å². The van der Waals surface area contributed by atoms with Crippen LogP contribution in [0.25, 0.3) is 10.2 Å². The summed E-state index contributed by atoms with van der Waals surface area (Å²) >= 11 is 2.94. The van der Waals surface area contributed by atoms with E-state index in [4.69, 9.17) is 0 Å². The first-order valence-electron chi connectivity index (χ1n) is 7.77. The van der Waals surface area contributed by atoms with E-state index in [1.807, 2.05) is 25.3 Å². The van der Waals surface area contributed by atoms with Crippen molar-refractivity contribution in [3.05, 3.63) is 17.8 Å². The summed E-state index contributed by atoms with van der Waals surface area (Å²) in [4.78, 5) is 23.9. The molecule has 0 radical (unpaired) electrons. The number of nitrogens with zero attached hydrogens (tertiary/aromatic N) is 3. The highest BCUT2D eigenvalue weighted by Crippen LogP contribution is 2.31. The van der Waals surface area contributed by atoms with Crippen LogP contribution in [0.1, 0.15) is 20.3 Å². The predicted molar refractivity (Wildman–Crippen MR) is 97.2 cm³/mol. The van der Waals surface area contributed by atoms with Gasteiger partial charge >= 0.3 is 0 Å². The Bertz CT molecular complexity index is 850. The normalized spacial score (nSPS) is 21.0. The van der Waals surface area contributed by atoms with Crippen molar-refractivity contribution in [2.24, 2.45) is 0 Å². The molecule has 3 rings (SSSR count). The Balaban J connectivity index is 1.75. The second kappa shape index (κ2) is 6.97. The minimum atomic E-state index is -3.01. The van der Waals surface area contributed by atoms with Gasteiger partial charge in [0.05, 0.1) is 16.8 Å². The van der Waals surface area contributed by atoms with E-state index in [9.17, 15) is 13.2 Å². The molecule has 2 aromatic rings. The fourth-order valence-corrected chi connectivity index (χ4v) is 6.43. The number of sulfone groups is 1. The minimum absolute atomic E-state index is 0.0356. The fraction of sp³-hybridized carbons (Fsp3) is 0.533. The van der Waals surface area contributed by atoms with Crippen LogP contribution in [-0.2, 0) is 14.6 Å². The molecule has 2 atom stereocenters. The van der Waals surface area contributed by atoms with Gasteiger partial charge in [0.25, 0.3) is 0 Å². The third kappa shape index (κ3) is 3.57. The van der Waals surface area contributed by atoms with Crippen molar-refractivity contribution in [1.82, 2.24) is 14.9 Å². The van der Waals surface area contributed by atoms with Crippen molar-refractivity contribution in [3.63, 3.8) is 0 Å². The fourth-order valence-electron chi connectivity index (χ4n) is 2.93. The van der Waals surface area contributed by atoms with E-state index >= 15 is 0 Å². The van der Waals surface area contributed by atoms with Gasteiger partial charge in [0.1, 0.15) is 16.2 Å². The molecule has 3 heterocycles. The van der Waals surface area contributed by atoms with Crippen LogP contribution in [0, 0.1) is 0 Å². The molecule has 1 aliphatic rings. The van der Waals surface area contributed by atoms with E-state index in [-0.39, 0.29) is 28.7 Å². The van der Waals surface area contributed by atoms with E-state index in [1.165, 1.54) is 18.1 Å². The van der Waals surface area contributed by atoms with Crippen LogP contribution in [0.3, 0.4) is 0 Å². The Morgan fingerprint density at radius 2 is 2.29 bits per heavy atom. The molecule has 0 saturated carbocycles. The first-order chi connectivity index (χ1) is 11.4. The monoisotopic (exact) mass is 385 g/mol. The Hall–Kier alpha value is -1.19. The number of rotatable bonds is 5. The number of thiophene rings is 1. The SMILES string of the molecule is CCN(C(=O)[C@H](C)Sc1ncnc2sccc12)[C@H]1CCS(=O)(=O)C1. The first-order valence-corrected chi connectivity index (χ1v) is 11.3. The highest BCUT2D eigenvalue weighted by Gasteiger charge is 2.35. The van der Waals surface area contributed by atoms with Gasteiger partial charge in [-0.05, 0) is 31.7 Å². The van der Waals surface area contributed by atoms with Crippen LogP contribution >= 0.6 is 23.1 Å². The standard InChI is InChI=1S/C15H19N3O3S3/c1-3-18(11-5-7-24(20,21)8-11)15(19)10(2)23-14-12-4-6-22-13(12)16-9-17-14/h4,6,9-11H,3,5,7-8H2,1-2H3/t10-,11-/m0/s1. The Morgan fingerprint density at radius 1 is 1.50 bits per heavy atom. The van der Waals surface area contributed by atoms with Crippen molar-refractivity contribution >= 4 is 49.1 Å². The molecule has 9 heteroatoms. The molecule has 1 aliphatic heterocycles. The van der Waals surface area contributed by atoms with Gasteiger partial charge < -0.3 is 4.90 Å². The average Bonchev–Trinajstić information content (AvgIpc) is 3.15. The third-order valence-corrected chi connectivity index (χ3v) is 7.81. The van der Waals surface area contributed by atoms with Crippen LogP contribution in [0.4, 0.5) is 0 Å². The molecule has 24 heavy (non-hydrogen) atoms. The molecule has 0 aromatic carbocycles. The molecule has 130 valence electrons. The number of amides is 1. The van der Waals surface area contributed by atoms with E-state index in [0.29, 0.717) is 13.0 Å². The zero-order chi connectivity index (χ0) is 17.3. The van der Waals surface area contributed by atoms with Crippen LogP contribution < -0.4 is 0 Å². The van der Waals surface area contributed by atoms with E-state index in [1.54, 1.807) is 16.2 Å². The second-order valence-electron chi connectivity index (χ2n) is 5.76. The molecule has 0 bridgehead atoms. The quantitative estimate of drug-likeness (QED) is 0.580. The Kier molecular flexibility index (Phi) is 5.12. The summed E-state index contributed by atoms with van der Waals surface area (Å²) in [7, 11) is -3.01. The zero-order valence-corrected chi connectivity index (χ0v) is 16.0. The van der Waals surface area contributed by atoms with Crippen LogP contribution in [0.5, 0.6) is 0 Å². The van der Waals surface area contributed by atoms with E-state index in [2.05, 4.69) is 9.97 Å². The molecular formula is C15H19N3O3S3. The minimum Gasteiger partial charge on any atom is -0.338 e. The van der Waals surface area contributed by atoms with E-state index < -0.39 is 9.84 Å². The molecule has 2 aromatic heterocycles. The molecule has 0 N–H and O–H groups in total. The Labute approximate surface area is 149 Å². The van der Waals surface area contributed by atoms with Gasteiger partial charge in [-0.3, -0.25) is 4.79 Å². The van der Waals surface area contributed by atoms with Gasteiger partial charge in [0, 0.05) is 18.0 Å². The lowest BCUT2D eigenvalue weighted by Gasteiger charge is -2.29. The van der Waals surface area contributed by atoms with Gasteiger partial charge in [-0.2, -0.15) is 0 Å². The van der Waals surface area contributed by atoms with Gasteiger partial charge in [0.2, 0.25) is 5.91 Å². The summed E-state index contributed by atoms with van der Waals surface area (Å²) in [5, 5.41) is 3.37. The molecule has 0 aliphatic carbocycles. The molecule has 1 fully saturated rings. The van der Waals surface area contributed by atoms with Crippen molar-refractivity contribution < 1.29 is 13.2 Å². The molecule has 6 nitrogen and oxygen atoms in total. The van der Waals surface area contributed by atoms with Crippen molar-refractivity contribution in [2.45, 2.75) is 36.6 Å². The number of carbonyl (C=O) groups is 1. The van der Waals surface area contributed by atoms with Gasteiger partial charge in [0.15, 0.2) is 9.84 Å². The molecule has 0 unspecified atom stereocenters. The lowest BCUT2D eigenvalue weighted by Crippen LogP contribution is -2.44. The van der Waals surface area contributed by atoms with Crippen LogP contribution in [-0.4, -0.2) is 58.5 Å². The first kappa shape index (κ1) is 17.6. The summed E-state index contributed by atoms with van der Waals surface area (Å²) < 4.78 is 23.4. The number of hydrogen-bond acceptors (Lipinski definition) is 7. The van der Waals surface area contributed by atoms with Crippen LogP contribution in [0.15, 0.2) is 22.8 Å². The lowest BCUT2D eigenvalue weighted by molar-refractivity contribution is -0.131. The second-order valence-corrected chi connectivity index (χ2v) is 10.2. The highest BCUT2D eigenvalue weighted by molar-refractivity contribution is 8.00. The van der Waals surface area contributed by atoms with Crippen molar-refractivity contribution in [3.8, 4) is 0 Å². The van der Waals surface area contributed by atoms with Crippen molar-refractivity contribution in [1.29, 1.82) is 0 Å².